The smallest absolute Gasteiger partial charge is 0.273 e. The lowest BCUT2D eigenvalue weighted by atomic mass is 10.2. The van der Waals surface area contributed by atoms with Crippen molar-refractivity contribution in [3.63, 3.8) is 0 Å². The van der Waals surface area contributed by atoms with Gasteiger partial charge in [-0.15, -0.1) is 0 Å². The van der Waals surface area contributed by atoms with Crippen LogP contribution in [0, 0.1) is 0 Å². The molecular formula is C15H21N5O. The van der Waals surface area contributed by atoms with E-state index >= 15 is 0 Å². The van der Waals surface area contributed by atoms with Crippen LogP contribution in [0.25, 0.3) is 5.69 Å². The van der Waals surface area contributed by atoms with E-state index < -0.39 is 0 Å². The average Bonchev–Trinajstić information content (AvgIpc) is 2.97. The zero-order valence-electron chi connectivity index (χ0n) is 12.7. The van der Waals surface area contributed by atoms with Crippen LogP contribution < -0.4 is 5.32 Å². The first-order valence-electron chi connectivity index (χ1n) is 7.04. The molecule has 0 aromatic carbocycles. The van der Waals surface area contributed by atoms with Crippen LogP contribution in [-0.4, -0.2) is 46.2 Å². The molecule has 2 aromatic heterocycles. The van der Waals surface area contributed by atoms with Gasteiger partial charge in [-0.2, -0.15) is 5.10 Å². The van der Waals surface area contributed by atoms with E-state index in [0.29, 0.717) is 5.69 Å². The SMILES string of the molecule is CCCNCc1cncc(-n2ccc(C(=O)N(C)C)n2)c1. The van der Waals surface area contributed by atoms with E-state index in [-0.39, 0.29) is 5.91 Å². The number of nitrogens with zero attached hydrogens (tertiary/aromatic N) is 4. The molecule has 1 N–H and O–H groups in total. The number of hydrogen-bond donors (Lipinski definition) is 1. The largest absolute Gasteiger partial charge is 0.343 e. The Hall–Kier alpha value is -2.21. The monoisotopic (exact) mass is 287 g/mol. The molecule has 0 spiro atoms. The molecule has 0 saturated carbocycles. The molecule has 2 heterocycles. The van der Waals surface area contributed by atoms with Crippen LogP contribution in [-0.2, 0) is 6.54 Å². The molecular weight excluding hydrogens is 266 g/mol. The van der Waals surface area contributed by atoms with Gasteiger partial charge in [0.05, 0.1) is 11.9 Å². The molecule has 0 fully saturated rings. The molecule has 6 nitrogen and oxygen atoms in total. The van der Waals surface area contributed by atoms with Crippen molar-refractivity contribution in [2.24, 2.45) is 0 Å². The van der Waals surface area contributed by atoms with Crippen molar-refractivity contribution in [3.05, 3.63) is 42.0 Å². The number of rotatable bonds is 6. The summed E-state index contributed by atoms with van der Waals surface area (Å²) in [5.41, 5.74) is 2.37. The minimum absolute atomic E-state index is 0.109. The standard InChI is InChI=1S/C15H21N5O/c1-4-6-16-9-12-8-13(11-17-10-12)20-7-5-14(18-20)15(21)19(2)3/h5,7-8,10-11,16H,4,6,9H2,1-3H3. The van der Waals surface area contributed by atoms with Crippen molar-refractivity contribution in [3.8, 4) is 5.69 Å². The summed E-state index contributed by atoms with van der Waals surface area (Å²) in [5.74, 6) is -0.109. The van der Waals surface area contributed by atoms with Gasteiger partial charge < -0.3 is 10.2 Å². The summed E-state index contributed by atoms with van der Waals surface area (Å²) in [6.45, 7) is 3.89. The van der Waals surface area contributed by atoms with Gasteiger partial charge in [-0.25, -0.2) is 4.68 Å². The van der Waals surface area contributed by atoms with Gasteiger partial charge in [-0.1, -0.05) is 6.92 Å². The highest BCUT2D eigenvalue weighted by molar-refractivity contribution is 5.91. The van der Waals surface area contributed by atoms with Crippen molar-refractivity contribution < 1.29 is 4.79 Å². The molecule has 0 atom stereocenters. The Labute approximate surface area is 124 Å². The molecule has 112 valence electrons. The minimum Gasteiger partial charge on any atom is -0.343 e. The first-order chi connectivity index (χ1) is 10.1. The van der Waals surface area contributed by atoms with Gasteiger partial charge in [0.2, 0.25) is 0 Å². The Bertz CT molecular complexity index is 606. The normalized spacial score (nSPS) is 10.6. The summed E-state index contributed by atoms with van der Waals surface area (Å²) in [7, 11) is 3.42. The molecule has 21 heavy (non-hydrogen) atoms. The molecule has 0 unspecified atom stereocenters. The van der Waals surface area contributed by atoms with Crippen LogP contribution in [0.15, 0.2) is 30.7 Å². The van der Waals surface area contributed by atoms with Crippen molar-refractivity contribution in [2.75, 3.05) is 20.6 Å². The Morgan fingerprint density at radius 2 is 2.19 bits per heavy atom. The van der Waals surface area contributed by atoms with Gasteiger partial charge in [0.25, 0.3) is 5.91 Å². The highest BCUT2D eigenvalue weighted by atomic mass is 16.2. The van der Waals surface area contributed by atoms with E-state index in [4.69, 9.17) is 0 Å². The molecule has 0 saturated heterocycles. The Kier molecular flexibility index (Phi) is 5.05. The van der Waals surface area contributed by atoms with E-state index in [1.165, 1.54) is 4.90 Å². The van der Waals surface area contributed by atoms with Crippen LogP contribution in [0.4, 0.5) is 0 Å². The number of carbonyl (C=O) groups excluding carboxylic acids is 1. The third kappa shape index (κ3) is 3.88. The second-order valence-electron chi connectivity index (χ2n) is 5.07. The number of nitrogens with one attached hydrogen (secondary N) is 1. The maximum atomic E-state index is 11.9. The second kappa shape index (κ2) is 6.99. The molecule has 2 rings (SSSR count). The fourth-order valence-electron chi connectivity index (χ4n) is 1.92. The summed E-state index contributed by atoms with van der Waals surface area (Å²) in [6.07, 6.45) is 6.45. The van der Waals surface area contributed by atoms with Gasteiger partial charge in [0, 0.05) is 33.0 Å². The number of pyridine rings is 1. The average molecular weight is 287 g/mol. The quantitative estimate of drug-likeness (QED) is 0.817. The zero-order chi connectivity index (χ0) is 15.2. The first-order valence-corrected chi connectivity index (χ1v) is 7.04. The Balaban J connectivity index is 2.15. The van der Waals surface area contributed by atoms with Gasteiger partial charge in [-0.3, -0.25) is 9.78 Å². The van der Waals surface area contributed by atoms with Gasteiger partial charge in [-0.05, 0) is 30.7 Å². The lowest BCUT2D eigenvalue weighted by Crippen LogP contribution is -2.22. The van der Waals surface area contributed by atoms with Gasteiger partial charge in [0.1, 0.15) is 0 Å². The predicted octanol–water partition coefficient (Wildman–Crippen LogP) is 1.47. The van der Waals surface area contributed by atoms with Crippen LogP contribution in [0.2, 0.25) is 0 Å². The maximum absolute atomic E-state index is 11.9. The first kappa shape index (κ1) is 15.2. The number of amides is 1. The second-order valence-corrected chi connectivity index (χ2v) is 5.07. The topological polar surface area (TPSA) is 63.1 Å². The van der Waals surface area contributed by atoms with E-state index in [1.54, 1.807) is 37.2 Å². The van der Waals surface area contributed by atoms with Crippen molar-refractivity contribution in [1.82, 2.24) is 25.0 Å². The fraction of sp³-hybridized carbons (Fsp3) is 0.400. The summed E-state index contributed by atoms with van der Waals surface area (Å²) in [4.78, 5) is 17.6. The summed E-state index contributed by atoms with van der Waals surface area (Å²) < 4.78 is 1.67. The van der Waals surface area contributed by atoms with Crippen molar-refractivity contribution in [2.45, 2.75) is 19.9 Å². The Morgan fingerprint density at radius 3 is 2.90 bits per heavy atom. The summed E-state index contributed by atoms with van der Waals surface area (Å²) in [6, 6.07) is 3.73. The number of aromatic nitrogens is 3. The lowest BCUT2D eigenvalue weighted by molar-refractivity contribution is 0.0821. The molecule has 6 heteroatoms. The molecule has 2 aromatic rings. The van der Waals surface area contributed by atoms with Gasteiger partial charge >= 0.3 is 0 Å². The summed E-state index contributed by atoms with van der Waals surface area (Å²) in [5, 5.41) is 7.64. The van der Waals surface area contributed by atoms with E-state index in [1.807, 2.05) is 12.3 Å². The van der Waals surface area contributed by atoms with Crippen LogP contribution >= 0.6 is 0 Å². The maximum Gasteiger partial charge on any atom is 0.273 e. The third-order valence-electron chi connectivity index (χ3n) is 3.02. The fourth-order valence-corrected chi connectivity index (χ4v) is 1.92. The highest BCUT2D eigenvalue weighted by Crippen LogP contribution is 2.09. The zero-order valence-corrected chi connectivity index (χ0v) is 12.7. The van der Waals surface area contributed by atoms with Gasteiger partial charge in [0.15, 0.2) is 5.69 Å². The van der Waals surface area contributed by atoms with E-state index in [0.717, 1.165) is 30.8 Å². The molecule has 0 aliphatic heterocycles. The lowest BCUT2D eigenvalue weighted by Gasteiger charge is -2.07. The van der Waals surface area contributed by atoms with E-state index in [9.17, 15) is 4.79 Å². The predicted molar refractivity (Wildman–Crippen MR) is 81.4 cm³/mol. The van der Waals surface area contributed by atoms with E-state index in [2.05, 4.69) is 22.3 Å². The molecule has 0 bridgehead atoms. The minimum atomic E-state index is -0.109. The highest BCUT2D eigenvalue weighted by Gasteiger charge is 2.12. The number of carbonyl (C=O) groups is 1. The van der Waals surface area contributed by atoms with Crippen molar-refractivity contribution >= 4 is 5.91 Å². The third-order valence-corrected chi connectivity index (χ3v) is 3.02. The molecule has 1 amide bonds. The number of hydrogen-bond acceptors (Lipinski definition) is 4. The molecule has 0 radical (unpaired) electrons. The molecule has 0 aliphatic rings. The molecule has 0 aliphatic carbocycles. The Morgan fingerprint density at radius 1 is 1.38 bits per heavy atom. The van der Waals surface area contributed by atoms with Crippen molar-refractivity contribution in [1.29, 1.82) is 0 Å². The van der Waals surface area contributed by atoms with Crippen LogP contribution in [0.3, 0.4) is 0 Å². The van der Waals surface area contributed by atoms with Crippen LogP contribution in [0.5, 0.6) is 0 Å². The van der Waals surface area contributed by atoms with Crippen LogP contribution in [0.1, 0.15) is 29.4 Å². The summed E-state index contributed by atoms with van der Waals surface area (Å²) >= 11 is 0.